The summed E-state index contributed by atoms with van der Waals surface area (Å²) in [5, 5.41) is 27.9. The molecule has 0 aliphatic carbocycles. The number of nitrogens with zero attached hydrogens (tertiary/aromatic N) is 1. The molecule has 0 fully saturated rings. The molecular weight excluding hydrogens is 222 g/mol. The van der Waals surface area contributed by atoms with Gasteiger partial charge < -0.3 is 21.7 Å². The largest absolute Gasteiger partial charge is 0.398 e. The first-order chi connectivity index (χ1) is 7.95. The van der Waals surface area contributed by atoms with E-state index in [1.54, 1.807) is 0 Å². The molecule has 0 aliphatic heterocycles. The third-order valence-electron chi connectivity index (χ3n) is 2.31. The maximum atomic E-state index is 10.6. The lowest BCUT2D eigenvalue weighted by atomic mass is 10.00. The highest BCUT2D eigenvalue weighted by atomic mass is 16.3. The van der Waals surface area contributed by atoms with Gasteiger partial charge in [-0.05, 0) is 17.7 Å². The molecule has 6 nitrogen and oxygen atoms in total. The summed E-state index contributed by atoms with van der Waals surface area (Å²) < 4.78 is 0. The van der Waals surface area contributed by atoms with Crippen molar-refractivity contribution in [2.45, 2.75) is 18.6 Å². The van der Waals surface area contributed by atoms with Crippen molar-refractivity contribution >= 4 is 11.6 Å². The van der Waals surface area contributed by atoms with Gasteiger partial charge >= 0.3 is 0 Å². The van der Waals surface area contributed by atoms with Crippen LogP contribution in [0.5, 0.6) is 0 Å². The highest BCUT2D eigenvalue weighted by Crippen LogP contribution is 2.22. The second-order valence-corrected chi connectivity index (χ2v) is 3.64. The van der Waals surface area contributed by atoms with Crippen molar-refractivity contribution in [1.82, 2.24) is 0 Å². The molecule has 2 unspecified atom stereocenters. The van der Waals surface area contributed by atoms with Crippen LogP contribution in [0.3, 0.4) is 0 Å². The van der Waals surface area contributed by atoms with E-state index in [9.17, 15) is 15.0 Å². The van der Waals surface area contributed by atoms with Crippen molar-refractivity contribution in [3.8, 4) is 6.07 Å². The number of amides is 1. The molecule has 0 saturated heterocycles. The number of nitriles is 1. The van der Waals surface area contributed by atoms with Crippen LogP contribution in [0.2, 0.25) is 0 Å². The van der Waals surface area contributed by atoms with Gasteiger partial charge in [-0.25, -0.2) is 0 Å². The average Bonchev–Trinajstić information content (AvgIpc) is 2.27. The number of benzene rings is 1. The van der Waals surface area contributed by atoms with Crippen molar-refractivity contribution < 1.29 is 15.0 Å². The van der Waals surface area contributed by atoms with Crippen molar-refractivity contribution in [2.75, 3.05) is 5.73 Å². The first-order valence-corrected chi connectivity index (χ1v) is 4.89. The maximum absolute atomic E-state index is 10.6. The van der Waals surface area contributed by atoms with Crippen LogP contribution in [0.4, 0.5) is 5.69 Å². The van der Waals surface area contributed by atoms with Gasteiger partial charge in [-0.15, -0.1) is 0 Å². The van der Waals surface area contributed by atoms with Crippen LogP contribution >= 0.6 is 0 Å². The zero-order chi connectivity index (χ0) is 13.0. The monoisotopic (exact) mass is 235 g/mol. The Morgan fingerprint density at radius 2 is 2.12 bits per heavy atom. The van der Waals surface area contributed by atoms with E-state index in [0.717, 1.165) is 0 Å². The Bertz CT molecular complexity index is 468. The SMILES string of the molecule is N#Cc1ccc(C(O)C(O)CC(N)=O)cc1N. The number of aliphatic hydroxyl groups is 2. The Balaban J connectivity index is 2.90. The lowest BCUT2D eigenvalue weighted by Gasteiger charge is -2.17. The van der Waals surface area contributed by atoms with Gasteiger partial charge in [-0.1, -0.05) is 6.07 Å². The smallest absolute Gasteiger partial charge is 0.220 e. The fourth-order valence-corrected chi connectivity index (χ4v) is 1.41. The highest BCUT2D eigenvalue weighted by molar-refractivity contribution is 5.74. The topological polar surface area (TPSA) is 133 Å². The number of nitrogen functional groups attached to an aromatic ring is 1. The van der Waals surface area contributed by atoms with Crippen LogP contribution in [0.25, 0.3) is 0 Å². The molecule has 1 aromatic rings. The lowest BCUT2D eigenvalue weighted by Crippen LogP contribution is -2.25. The number of hydrogen-bond acceptors (Lipinski definition) is 5. The van der Waals surface area contributed by atoms with Crippen LogP contribution in [0.1, 0.15) is 23.7 Å². The van der Waals surface area contributed by atoms with E-state index in [2.05, 4.69) is 0 Å². The molecule has 1 aromatic carbocycles. The standard InChI is InChI=1S/C11H13N3O3/c12-5-7-2-1-6(3-8(7)13)11(17)9(15)4-10(14)16/h1-3,9,11,15,17H,4,13H2,(H2,14,16). The normalized spacial score (nSPS) is 13.7. The van der Waals surface area contributed by atoms with Crippen LogP contribution in [0.15, 0.2) is 18.2 Å². The molecule has 0 heterocycles. The molecule has 2 atom stereocenters. The van der Waals surface area contributed by atoms with Gasteiger partial charge in [0.15, 0.2) is 0 Å². The zero-order valence-corrected chi connectivity index (χ0v) is 9.00. The first-order valence-electron chi connectivity index (χ1n) is 4.89. The number of carbonyl (C=O) groups is 1. The lowest BCUT2D eigenvalue weighted by molar-refractivity contribution is -0.121. The number of nitrogens with two attached hydrogens (primary N) is 2. The van der Waals surface area contributed by atoms with Crippen molar-refractivity contribution in [1.29, 1.82) is 5.26 Å². The molecule has 6 heteroatoms. The Morgan fingerprint density at radius 3 is 2.59 bits per heavy atom. The van der Waals surface area contributed by atoms with Crippen molar-refractivity contribution in [3.05, 3.63) is 29.3 Å². The summed E-state index contributed by atoms with van der Waals surface area (Å²) in [7, 11) is 0. The Labute approximate surface area is 98.1 Å². The number of carbonyl (C=O) groups excluding carboxylic acids is 1. The molecule has 0 radical (unpaired) electrons. The third kappa shape index (κ3) is 3.17. The molecule has 1 amide bonds. The second kappa shape index (κ2) is 5.30. The molecule has 90 valence electrons. The van der Waals surface area contributed by atoms with Gasteiger partial charge in [0.05, 0.1) is 18.1 Å². The van der Waals surface area contributed by atoms with E-state index in [1.165, 1.54) is 18.2 Å². The first kappa shape index (κ1) is 13.0. The van der Waals surface area contributed by atoms with E-state index >= 15 is 0 Å². The van der Waals surface area contributed by atoms with E-state index in [-0.39, 0.29) is 17.7 Å². The minimum Gasteiger partial charge on any atom is -0.398 e. The molecule has 0 aliphatic rings. The fraction of sp³-hybridized carbons (Fsp3) is 0.273. The van der Waals surface area contributed by atoms with Crippen LogP contribution < -0.4 is 11.5 Å². The van der Waals surface area contributed by atoms with Gasteiger partial charge in [-0.3, -0.25) is 4.79 Å². The molecule has 1 rings (SSSR count). The molecule has 0 bridgehead atoms. The highest BCUT2D eigenvalue weighted by Gasteiger charge is 2.20. The molecular formula is C11H13N3O3. The summed E-state index contributed by atoms with van der Waals surface area (Å²) in [5.41, 5.74) is 11.3. The number of hydrogen-bond donors (Lipinski definition) is 4. The van der Waals surface area contributed by atoms with E-state index in [0.29, 0.717) is 5.56 Å². The van der Waals surface area contributed by atoms with Crippen molar-refractivity contribution in [2.24, 2.45) is 5.73 Å². The summed E-state index contributed by atoms with van der Waals surface area (Å²) in [6.07, 6.45) is -2.90. The third-order valence-corrected chi connectivity index (χ3v) is 2.31. The van der Waals surface area contributed by atoms with Gasteiger partial charge in [-0.2, -0.15) is 5.26 Å². The molecule has 6 N–H and O–H groups in total. The molecule has 17 heavy (non-hydrogen) atoms. The minimum absolute atomic E-state index is 0.204. The summed E-state index contributed by atoms with van der Waals surface area (Å²) in [4.78, 5) is 10.6. The Kier molecular flexibility index (Phi) is 4.04. The summed E-state index contributed by atoms with van der Waals surface area (Å²) in [6.45, 7) is 0. The van der Waals surface area contributed by atoms with Crippen molar-refractivity contribution in [3.63, 3.8) is 0 Å². The van der Waals surface area contributed by atoms with Crippen LogP contribution in [0, 0.1) is 11.3 Å². The van der Waals surface area contributed by atoms with Gasteiger partial charge in [0, 0.05) is 5.69 Å². The minimum atomic E-state index is -1.29. The molecule has 0 spiro atoms. The summed E-state index contributed by atoms with van der Waals surface area (Å²) in [6, 6.07) is 6.16. The fourth-order valence-electron chi connectivity index (χ4n) is 1.41. The maximum Gasteiger partial charge on any atom is 0.220 e. The van der Waals surface area contributed by atoms with E-state index in [1.807, 2.05) is 6.07 Å². The average molecular weight is 235 g/mol. The predicted octanol–water partition coefficient (Wildman–Crippen LogP) is -0.590. The van der Waals surface area contributed by atoms with Crippen LogP contribution in [-0.2, 0) is 4.79 Å². The molecule has 0 saturated carbocycles. The van der Waals surface area contributed by atoms with E-state index < -0.39 is 18.1 Å². The number of primary amides is 1. The second-order valence-electron chi connectivity index (χ2n) is 3.64. The number of anilines is 1. The Morgan fingerprint density at radius 1 is 1.47 bits per heavy atom. The number of rotatable bonds is 4. The van der Waals surface area contributed by atoms with Crippen LogP contribution in [-0.4, -0.2) is 22.2 Å². The quantitative estimate of drug-likeness (QED) is 0.517. The zero-order valence-electron chi connectivity index (χ0n) is 9.00. The van der Waals surface area contributed by atoms with E-state index in [4.69, 9.17) is 16.7 Å². The molecule has 0 aromatic heterocycles. The van der Waals surface area contributed by atoms with Gasteiger partial charge in [0.1, 0.15) is 12.2 Å². The summed E-state index contributed by atoms with van der Waals surface area (Å²) >= 11 is 0. The van der Waals surface area contributed by atoms with Gasteiger partial charge in [0.2, 0.25) is 5.91 Å². The van der Waals surface area contributed by atoms with Gasteiger partial charge in [0.25, 0.3) is 0 Å². The predicted molar refractivity (Wildman–Crippen MR) is 60.3 cm³/mol. The summed E-state index contributed by atoms with van der Waals surface area (Å²) in [5.74, 6) is -0.710. The Hall–Kier alpha value is -2.10. The number of aliphatic hydroxyl groups excluding tert-OH is 2.